The van der Waals surface area contributed by atoms with Crippen LogP contribution in [0.2, 0.25) is 0 Å². The zero-order valence-electron chi connectivity index (χ0n) is 16.3. The number of hydrogen-bond acceptors (Lipinski definition) is 7. The second-order valence-electron chi connectivity index (χ2n) is 8.33. The smallest absolute Gasteiger partial charge is 0.131 e. The van der Waals surface area contributed by atoms with Gasteiger partial charge < -0.3 is 25.0 Å². The topological polar surface area (TPSA) is 76.7 Å². The first-order valence-corrected chi connectivity index (χ1v) is 9.99. The van der Waals surface area contributed by atoms with Crippen LogP contribution in [-0.2, 0) is 9.47 Å². The van der Waals surface area contributed by atoms with Crippen molar-refractivity contribution < 1.29 is 9.47 Å². The molecule has 0 amide bonds. The minimum atomic E-state index is 0.159. The number of nitrogens with two attached hydrogens (primary N) is 1. The van der Waals surface area contributed by atoms with Crippen LogP contribution in [0.3, 0.4) is 0 Å². The fourth-order valence-electron chi connectivity index (χ4n) is 4.22. The average molecular weight is 381 g/mol. The van der Waals surface area contributed by atoms with Gasteiger partial charge in [0.1, 0.15) is 28.7 Å². The van der Waals surface area contributed by atoms with Crippen molar-refractivity contribution in [3.63, 3.8) is 0 Å². The molecular weight excluding hydrogens is 354 g/mol. The Balaban J connectivity index is 0.000000122. The van der Waals surface area contributed by atoms with Crippen molar-refractivity contribution in [2.75, 3.05) is 54.9 Å². The first-order chi connectivity index (χ1) is 13.5. The standard InChI is InChI=1S/C11H14N2O.C10H13N3O/c1-9-3-2-4-10(12-9)13-7-11(8-13)5-6-14-11;11-8-2-1-3-9(12-8)13-6-10(7-13)4-5-14-10/h2-4H,5-8H2,1H3;1-3H,4-7H2,(H2,11,12). The third-order valence-corrected chi connectivity index (χ3v) is 6.13. The van der Waals surface area contributed by atoms with Gasteiger partial charge in [0.15, 0.2) is 0 Å². The molecule has 2 spiro atoms. The van der Waals surface area contributed by atoms with Crippen LogP contribution in [0.25, 0.3) is 0 Å². The van der Waals surface area contributed by atoms with Gasteiger partial charge in [0.25, 0.3) is 0 Å². The summed E-state index contributed by atoms with van der Waals surface area (Å²) in [5, 5.41) is 0. The maximum Gasteiger partial charge on any atom is 0.131 e. The van der Waals surface area contributed by atoms with E-state index in [1.54, 1.807) is 6.07 Å². The van der Waals surface area contributed by atoms with E-state index < -0.39 is 0 Å². The van der Waals surface area contributed by atoms with Gasteiger partial charge in [-0.05, 0) is 31.2 Å². The van der Waals surface area contributed by atoms with Crippen molar-refractivity contribution in [3.8, 4) is 0 Å². The minimum Gasteiger partial charge on any atom is -0.384 e. The van der Waals surface area contributed by atoms with E-state index in [9.17, 15) is 0 Å². The van der Waals surface area contributed by atoms with Crippen LogP contribution in [0, 0.1) is 6.92 Å². The van der Waals surface area contributed by atoms with E-state index in [-0.39, 0.29) is 11.2 Å². The van der Waals surface area contributed by atoms with Crippen molar-refractivity contribution in [2.24, 2.45) is 0 Å². The van der Waals surface area contributed by atoms with E-state index in [0.29, 0.717) is 5.82 Å². The molecule has 4 aliphatic heterocycles. The highest BCUT2D eigenvalue weighted by atomic mass is 16.5. The largest absolute Gasteiger partial charge is 0.384 e. The first-order valence-electron chi connectivity index (χ1n) is 9.99. The number of aromatic nitrogens is 2. The summed E-state index contributed by atoms with van der Waals surface area (Å²) in [6, 6.07) is 11.9. The molecule has 6 heterocycles. The fourth-order valence-corrected chi connectivity index (χ4v) is 4.22. The Morgan fingerprint density at radius 3 is 1.75 bits per heavy atom. The van der Waals surface area contributed by atoms with Crippen molar-refractivity contribution in [1.82, 2.24) is 9.97 Å². The number of nitrogen functional groups attached to an aromatic ring is 1. The number of ether oxygens (including phenoxy) is 2. The third-order valence-electron chi connectivity index (χ3n) is 6.13. The van der Waals surface area contributed by atoms with Crippen molar-refractivity contribution in [1.29, 1.82) is 0 Å². The molecular formula is C21H27N5O2. The van der Waals surface area contributed by atoms with E-state index in [0.717, 1.165) is 56.7 Å². The first kappa shape index (κ1) is 17.7. The van der Waals surface area contributed by atoms with Crippen LogP contribution in [0.1, 0.15) is 18.5 Å². The van der Waals surface area contributed by atoms with Gasteiger partial charge in [-0.15, -0.1) is 0 Å². The summed E-state index contributed by atoms with van der Waals surface area (Å²) in [5.74, 6) is 2.63. The predicted molar refractivity (Wildman–Crippen MR) is 109 cm³/mol. The lowest BCUT2D eigenvalue weighted by molar-refractivity contribution is -0.161. The molecule has 0 aliphatic carbocycles. The van der Waals surface area contributed by atoms with Crippen LogP contribution in [0.4, 0.5) is 17.5 Å². The maximum atomic E-state index is 5.62. The molecule has 0 saturated carbocycles. The number of anilines is 3. The van der Waals surface area contributed by atoms with Gasteiger partial charge in [-0.25, -0.2) is 9.97 Å². The van der Waals surface area contributed by atoms with E-state index in [4.69, 9.17) is 15.2 Å². The number of hydrogen-bond donors (Lipinski definition) is 1. The van der Waals surface area contributed by atoms with Crippen LogP contribution >= 0.6 is 0 Å². The fraction of sp³-hybridized carbons (Fsp3) is 0.524. The monoisotopic (exact) mass is 381 g/mol. The van der Waals surface area contributed by atoms with Crippen molar-refractivity contribution in [3.05, 3.63) is 42.1 Å². The van der Waals surface area contributed by atoms with Gasteiger partial charge in [-0.1, -0.05) is 12.1 Å². The summed E-state index contributed by atoms with van der Waals surface area (Å²) < 4.78 is 11.1. The molecule has 28 heavy (non-hydrogen) atoms. The van der Waals surface area contributed by atoms with Crippen LogP contribution in [0.15, 0.2) is 36.4 Å². The summed E-state index contributed by atoms with van der Waals surface area (Å²) in [5.41, 5.74) is 7.06. The summed E-state index contributed by atoms with van der Waals surface area (Å²) in [6.45, 7) is 7.84. The summed E-state index contributed by atoms with van der Waals surface area (Å²) in [7, 11) is 0. The highest BCUT2D eigenvalue weighted by Gasteiger charge is 2.50. The van der Waals surface area contributed by atoms with E-state index in [1.807, 2.05) is 25.1 Å². The molecule has 7 heteroatoms. The van der Waals surface area contributed by atoms with Crippen molar-refractivity contribution >= 4 is 17.5 Å². The molecule has 0 radical (unpaired) electrons. The highest BCUT2D eigenvalue weighted by Crippen LogP contribution is 2.38. The molecule has 4 fully saturated rings. The maximum absolute atomic E-state index is 5.62. The van der Waals surface area contributed by atoms with Crippen molar-refractivity contribution in [2.45, 2.75) is 31.0 Å². The van der Waals surface area contributed by atoms with Crippen LogP contribution < -0.4 is 15.5 Å². The van der Waals surface area contributed by atoms with Gasteiger partial charge in [-0.3, -0.25) is 0 Å². The molecule has 6 rings (SSSR count). The second kappa shape index (κ2) is 6.60. The van der Waals surface area contributed by atoms with E-state index in [1.165, 1.54) is 12.8 Å². The number of rotatable bonds is 2. The molecule has 2 aromatic heterocycles. The zero-order valence-corrected chi connectivity index (χ0v) is 16.3. The summed E-state index contributed by atoms with van der Waals surface area (Å²) >= 11 is 0. The molecule has 0 aromatic carbocycles. The molecule has 0 atom stereocenters. The molecule has 7 nitrogen and oxygen atoms in total. The normalized spacial score (nSPS) is 23.0. The highest BCUT2D eigenvalue weighted by molar-refractivity contribution is 5.49. The predicted octanol–water partition coefficient (Wildman–Crippen LogP) is 2.01. The Bertz CT molecular complexity index is 778. The Kier molecular flexibility index (Phi) is 4.17. The quantitative estimate of drug-likeness (QED) is 0.853. The van der Waals surface area contributed by atoms with Gasteiger partial charge in [0.2, 0.25) is 0 Å². The second-order valence-corrected chi connectivity index (χ2v) is 8.33. The molecule has 4 saturated heterocycles. The molecule has 148 valence electrons. The van der Waals surface area contributed by atoms with E-state index >= 15 is 0 Å². The molecule has 2 aromatic rings. The lowest BCUT2D eigenvalue weighted by Gasteiger charge is -2.55. The van der Waals surface area contributed by atoms with Gasteiger partial charge in [0.05, 0.1) is 39.4 Å². The van der Waals surface area contributed by atoms with Gasteiger partial charge in [0, 0.05) is 18.5 Å². The number of aryl methyl sites for hydroxylation is 1. The lowest BCUT2D eigenvalue weighted by atomic mass is 9.86. The minimum absolute atomic E-state index is 0.159. The Labute approximate surface area is 165 Å². The van der Waals surface area contributed by atoms with Gasteiger partial charge in [-0.2, -0.15) is 0 Å². The van der Waals surface area contributed by atoms with E-state index in [2.05, 4.69) is 31.9 Å². The average Bonchev–Trinajstić information content (AvgIpc) is 2.50. The zero-order chi connectivity index (χ0) is 19.2. The Morgan fingerprint density at radius 2 is 1.32 bits per heavy atom. The molecule has 2 N–H and O–H groups in total. The number of nitrogens with zero attached hydrogens (tertiary/aromatic N) is 4. The van der Waals surface area contributed by atoms with Gasteiger partial charge >= 0.3 is 0 Å². The number of pyridine rings is 2. The molecule has 0 unspecified atom stereocenters. The summed E-state index contributed by atoms with van der Waals surface area (Å²) in [4.78, 5) is 13.2. The third kappa shape index (κ3) is 3.18. The van der Waals surface area contributed by atoms with Crippen LogP contribution in [0.5, 0.6) is 0 Å². The lowest BCUT2D eigenvalue weighted by Crippen LogP contribution is -2.68. The van der Waals surface area contributed by atoms with Crippen LogP contribution in [-0.4, -0.2) is 60.6 Å². The SMILES string of the molecule is Cc1cccc(N2CC3(CCO3)C2)n1.Nc1cccc(N2CC3(CCO3)C2)n1. The Morgan fingerprint density at radius 1 is 0.821 bits per heavy atom. The Hall–Kier alpha value is -2.38. The summed E-state index contributed by atoms with van der Waals surface area (Å²) in [6.07, 6.45) is 2.40. The molecule has 0 bridgehead atoms. The molecule has 4 aliphatic rings.